The van der Waals surface area contributed by atoms with E-state index < -0.39 is 5.60 Å². The average molecular weight is 480 g/mol. The van der Waals surface area contributed by atoms with E-state index in [4.69, 9.17) is 18.9 Å². The molecule has 4 aromatic rings. The molecule has 0 aliphatic carbocycles. The lowest BCUT2D eigenvalue weighted by Gasteiger charge is -2.38. The van der Waals surface area contributed by atoms with Gasteiger partial charge in [0, 0.05) is 46.9 Å². The molecule has 2 aliphatic rings. The Kier molecular flexibility index (Phi) is 5.78. The fraction of sp³-hybridized carbons (Fsp3) is 0.226. The van der Waals surface area contributed by atoms with E-state index in [0.29, 0.717) is 0 Å². The van der Waals surface area contributed by atoms with Crippen LogP contribution in [0.1, 0.15) is 16.7 Å². The van der Waals surface area contributed by atoms with Crippen molar-refractivity contribution in [3.63, 3.8) is 0 Å². The Bertz CT molecular complexity index is 1420. The highest BCUT2D eigenvalue weighted by molar-refractivity contribution is 6.02. The zero-order valence-electron chi connectivity index (χ0n) is 20.6. The molecule has 2 aliphatic heterocycles. The summed E-state index contributed by atoms with van der Waals surface area (Å²) in [7, 11) is 3.37. The van der Waals surface area contributed by atoms with Crippen molar-refractivity contribution in [2.45, 2.75) is 5.60 Å². The van der Waals surface area contributed by atoms with Gasteiger partial charge in [-0.15, -0.1) is 0 Å². The van der Waals surface area contributed by atoms with Gasteiger partial charge in [0.15, 0.2) is 5.60 Å². The van der Waals surface area contributed by atoms with Gasteiger partial charge in [-0.05, 0) is 41.8 Å². The molecule has 0 aromatic heterocycles. The molecule has 5 heteroatoms. The highest BCUT2D eigenvalue weighted by Crippen LogP contribution is 2.47. The van der Waals surface area contributed by atoms with Crippen molar-refractivity contribution in [3.8, 4) is 17.2 Å². The van der Waals surface area contributed by atoms with E-state index in [9.17, 15) is 0 Å². The van der Waals surface area contributed by atoms with Crippen molar-refractivity contribution in [2.75, 3.05) is 45.4 Å². The Morgan fingerprint density at radius 1 is 0.750 bits per heavy atom. The quantitative estimate of drug-likeness (QED) is 0.349. The second kappa shape index (κ2) is 9.25. The minimum atomic E-state index is -0.821. The zero-order chi connectivity index (χ0) is 24.5. The Labute approximate surface area is 211 Å². The molecule has 2 heterocycles. The van der Waals surface area contributed by atoms with Crippen LogP contribution in [0.2, 0.25) is 0 Å². The van der Waals surface area contributed by atoms with Crippen LogP contribution in [0.3, 0.4) is 0 Å². The second-order valence-electron chi connectivity index (χ2n) is 9.08. The molecule has 6 rings (SSSR count). The lowest BCUT2D eigenvalue weighted by molar-refractivity contribution is 0.122. The molecule has 1 saturated heterocycles. The molecule has 4 aromatic carbocycles. The van der Waals surface area contributed by atoms with Gasteiger partial charge in [0.25, 0.3) is 0 Å². The molecular formula is C31H29NO4. The molecule has 0 spiro atoms. The van der Waals surface area contributed by atoms with Crippen LogP contribution in [-0.2, 0) is 10.3 Å². The van der Waals surface area contributed by atoms with E-state index >= 15 is 0 Å². The summed E-state index contributed by atoms with van der Waals surface area (Å²) in [4.78, 5) is 2.40. The number of morpholine rings is 1. The summed E-state index contributed by atoms with van der Waals surface area (Å²) in [5.41, 5.74) is 3.46. The van der Waals surface area contributed by atoms with Gasteiger partial charge in [0.1, 0.15) is 17.2 Å². The van der Waals surface area contributed by atoms with Gasteiger partial charge in [-0.1, -0.05) is 48.5 Å². The van der Waals surface area contributed by atoms with Crippen molar-refractivity contribution in [2.24, 2.45) is 0 Å². The predicted octanol–water partition coefficient (Wildman–Crippen LogP) is 6.04. The normalized spacial score (nSPS) is 19.0. The first-order chi connectivity index (χ1) is 17.7. The highest BCUT2D eigenvalue weighted by atomic mass is 16.5. The highest BCUT2D eigenvalue weighted by Gasteiger charge is 2.38. The number of benzene rings is 4. The summed E-state index contributed by atoms with van der Waals surface area (Å²) in [6.45, 7) is 3.17. The van der Waals surface area contributed by atoms with Crippen LogP contribution >= 0.6 is 0 Å². The lowest BCUT2D eigenvalue weighted by atomic mass is 9.83. The molecule has 1 unspecified atom stereocenters. The number of rotatable bonds is 5. The third-order valence-electron chi connectivity index (χ3n) is 7.15. The molecule has 182 valence electrons. The molecule has 0 radical (unpaired) electrons. The van der Waals surface area contributed by atoms with Gasteiger partial charge in [0.2, 0.25) is 0 Å². The second-order valence-corrected chi connectivity index (χ2v) is 9.08. The van der Waals surface area contributed by atoms with Crippen molar-refractivity contribution in [3.05, 3.63) is 102 Å². The number of hydrogen-bond donors (Lipinski definition) is 0. The van der Waals surface area contributed by atoms with Gasteiger partial charge >= 0.3 is 0 Å². The van der Waals surface area contributed by atoms with Crippen molar-refractivity contribution in [1.82, 2.24) is 0 Å². The van der Waals surface area contributed by atoms with E-state index in [1.54, 1.807) is 14.2 Å². The maximum atomic E-state index is 7.06. The van der Waals surface area contributed by atoms with Gasteiger partial charge < -0.3 is 23.8 Å². The monoisotopic (exact) mass is 479 g/mol. The Morgan fingerprint density at radius 3 is 2.25 bits per heavy atom. The van der Waals surface area contributed by atoms with Crippen molar-refractivity contribution < 1.29 is 18.9 Å². The Hall–Kier alpha value is -3.96. The molecule has 1 atom stereocenters. The molecule has 0 bridgehead atoms. The number of nitrogens with zero attached hydrogens (tertiary/aromatic N) is 1. The summed E-state index contributed by atoms with van der Waals surface area (Å²) in [5.74, 6) is 2.45. The maximum absolute atomic E-state index is 7.06. The Morgan fingerprint density at radius 2 is 1.50 bits per heavy atom. The number of anilines is 1. The lowest BCUT2D eigenvalue weighted by Crippen LogP contribution is -2.37. The fourth-order valence-electron chi connectivity index (χ4n) is 5.25. The molecule has 0 saturated carbocycles. The van der Waals surface area contributed by atoms with Crippen LogP contribution in [0.5, 0.6) is 17.2 Å². The van der Waals surface area contributed by atoms with Gasteiger partial charge in [-0.2, -0.15) is 0 Å². The number of hydrogen-bond acceptors (Lipinski definition) is 5. The van der Waals surface area contributed by atoms with Crippen LogP contribution in [0.25, 0.3) is 16.8 Å². The molecule has 36 heavy (non-hydrogen) atoms. The molecule has 1 fully saturated rings. The zero-order valence-corrected chi connectivity index (χ0v) is 20.6. The molecule has 5 nitrogen and oxygen atoms in total. The SMILES string of the molecule is COc1ccc(C2(c3cccc(OC)c3)C=Cc3c(cc(N4CCOCC4)c4ccccc34)O2)cc1. The number of ether oxygens (including phenoxy) is 4. The van der Waals surface area contributed by atoms with Crippen LogP contribution < -0.4 is 19.1 Å². The standard InChI is InChI=1S/C31H29NO4/c1-33-24-12-10-22(11-13-24)31(23-6-5-7-25(20-23)34-2)15-14-28-26-8-3-4-9-27(26)29(21-30(28)36-31)32-16-18-35-19-17-32/h3-15,20-21H,16-19H2,1-2H3. The van der Waals surface area contributed by atoms with E-state index in [0.717, 1.165) is 60.2 Å². The largest absolute Gasteiger partial charge is 0.497 e. The molecule has 0 amide bonds. The third kappa shape index (κ3) is 3.76. The molecule has 0 N–H and O–H groups in total. The topological polar surface area (TPSA) is 40.2 Å². The van der Waals surface area contributed by atoms with Gasteiger partial charge in [0.05, 0.1) is 27.4 Å². The van der Waals surface area contributed by atoms with E-state index in [1.165, 1.54) is 16.5 Å². The van der Waals surface area contributed by atoms with Gasteiger partial charge in [-0.25, -0.2) is 0 Å². The van der Waals surface area contributed by atoms with E-state index in [1.807, 2.05) is 30.3 Å². The van der Waals surface area contributed by atoms with Crippen LogP contribution in [0.4, 0.5) is 5.69 Å². The van der Waals surface area contributed by atoms with E-state index in [-0.39, 0.29) is 0 Å². The summed E-state index contributed by atoms with van der Waals surface area (Å²) >= 11 is 0. The first-order valence-electron chi connectivity index (χ1n) is 12.3. The fourth-order valence-corrected chi connectivity index (χ4v) is 5.25. The predicted molar refractivity (Wildman–Crippen MR) is 143 cm³/mol. The summed E-state index contributed by atoms with van der Waals surface area (Å²) in [6.07, 6.45) is 4.36. The van der Waals surface area contributed by atoms with E-state index in [2.05, 4.69) is 65.6 Å². The summed E-state index contributed by atoms with van der Waals surface area (Å²) in [6, 6.07) is 26.9. The third-order valence-corrected chi connectivity index (χ3v) is 7.15. The maximum Gasteiger partial charge on any atom is 0.178 e. The van der Waals surface area contributed by atoms with Gasteiger partial charge in [-0.3, -0.25) is 0 Å². The molecular weight excluding hydrogens is 450 g/mol. The summed E-state index contributed by atoms with van der Waals surface area (Å²) < 4.78 is 23.7. The Balaban J connectivity index is 1.55. The van der Waals surface area contributed by atoms with Crippen molar-refractivity contribution in [1.29, 1.82) is 0 Å². The van der Waals surface area contributed by atoms with Crippen LogP contribution in [-0.4, -0.2) is 40.5 Å². The van der Waals surface area contributed by atoms with Crippen LogP contribution in [0.15, 0.2) is 84.9 Å². The number of fused-ring (bicyclic) bond motifs is 3. The first kappa shape index (κ1) is 22.5. The summed E-state index contributed by atoms with van der Waals surface area (Å²) in [5, 5.41) is 2.41. The first-order valence-corrected chi connectivity index (χ1v) is 12.3. The minimum absolute atomic E-state index is 0.728. The smallest absolute Gasteiger partial charge is 0.178 e. The average Bonchev–Trinajstić information content (AvgIpc) is 2.97. The minimum Gasteiger partial charge on any atom is -0.497 e. The van der Waals surface area contributed by atoms with Crippen molar-refractivity contribution >= 4 is 22.5 Å². The van der Waals surface area contributed by atoms with Crippen LogP contribution in [0, 0.1) is 0 Å². The number of methoxy groups -OCH3 is 2.